The quantitative estimate of drug-likeness (QED) is 0.427. The third kappa shape index (κ3) is 6.58. The number of pyridine rings is 1. The van der Waals surface area contributed by atoms with Crippen LogP contribution in [0.4, 0.5) is 13.2 Å². The smallest absolute Gasteiger partial charge is 0.384 e. The largest absolute Gasteiger partial charge is 0.416 e. The molecule has 0 bridgehead atoms. The highest BCUT2D eigenvalue weighted by Crippen LogP contribution is 2.42. The van der Waals surface area contributed by atoms with Crippen LogP contribution in [0.25, 0.3) is 0 Å². The first-order chi connectivity index (χ1) is 17.6. The van der Waals surface area contributed by atoms with Crippen LogP contribution in [0.5, 0.6) is 0 Å². The second kappa shape index (κ2) is 11.3. The maximum absolute atomic E-state index is 13.0. The number of likely N-dealkylation sites (tertiary alicyclic amines) is 1. The van der Waals surface area contributed by atoms with E-state index in [0.29, 0.717) is 31.2 Å². The van der Waals surface area contributed by atoms with Crippen LogP contribution >= 0.6 is 0 Å². The van der Waals surface area contributed by atoms with Crippen LogP contribution in [0.15, 0.2) is 48.7 Å². The van der Waals surface area contributed by atoms with Gasteiger partial charge in [-0.1, -0.05) is 25.1 Å². The Morgan fingerprint density at radius 3 is 2.49 bits per heavy atom. The lowest BCUT2D eigenvalue weighted by molar-refractivity contribution is -0.137. The second-order valence-corrected chi connectivity index (χ2v) is 10.6. The maximum Gasteiger partial charge on any atom is 0.416 e. The second-order valence-electron chi connectivity index (χ2n) is 10.6. The summed E-state index contributed by atoms with van der Waals surface area (Å²) in [5, 5.41) is 11.1. The van der Waals surface area contributed by atoms with E-state index < -0.39 is 23.1 Å². The molecule has 0 spiro atoms. The van der Waals surface area contributed by atoms with E-state index in [1.165, 1.54) is 12.1 Å². The Morgan fingerprint density at radius 2 is 1.84 bits per heavy atom. The van der Waals surface area contributed by atoms with Crippen LogP contribution in [-0.4, -0.2) is 39.3 Å². The van der Waals surface area contributed by atoms with Crippen molar-refractivity contribution >= 4 is 11.7 Å². The van der Waals surface area contributed by atoms with Gasteiger partial charge in [0.05, 0.1) is 11.3 Å². The van der Waals surface area contributed by atoms with Crippen LogP contribution in [0.1, 0.15) is 86.3 Å². The van der Waals surface area contributed by atoms with E-state index in [1.54, 1.807) is 6.20 Å². The lowest BCUT2D eigenvalue weighted by Gasteiger charge is -2.36. The van der Waals surface area contributed by atoms with Crippen LogP contribution in [0, 0.1) is 11.8 Å². The first-order valence-electron chi connectivity index (χ1n) is 13.2. The highest BCUT2D eigenvalue weighted by atomic mass is 19.4. The number of ketones is 1. The van der Waals surface area contributed by atoms with Gasteiger partial charge in [-0.05, 0) is 81.0 Å². The molecular weight excluding hydrogens is 481 g/mol. The van der Waals surface area contributed by atoms with Crippen molar-refractivity contribution in [2.75, 3.05) is 6.54 Å². The minimum absolute atomic E-state index is 0.00116. The molecule has 2 fully saturated rings. The molecule has 4 rings (SSSR count). The van der Waals surface area contributed by atoms with E-state index in [2.05, 4.69) is 11.9 Å². The van der Waals surface area contributed by atoms with E-state index >= 15 is 0 Å². The molecule has 5 nitrogen and oxygen atoms in total. The van der Waals surface area contributed by atoms with Crippen molar-refractivity contribution in [2.24, 2.45) is 11.8 Å². The van der Waals surface area contributed by atoms with E-state index in [9.17, 15) is 27.9 Å². The van der Waals surface area contributed by atoms with Crippen molar-refractivity contribution in [3.8, 4) is 0 Å². The third-order valence-electron chi connectivity index (χ3n) is 8.11. The number of halogens is 3. The SMILES string of the molecule is CC[C@@H]1C[C@H](CC2CCC(O)(c3ccccn3)CC2)CN1C(=O)CCC(=O)c1cccc(C(F)(F)F)c1. The Hall–Kier alpha value is -2.74. The monoisotopic (exact) mass is 516 g/mol. The molecule has 2 aliphatic rings. The Balaban J connectivity index is 1.28. The summed E-state index contributed by atoms with van der Waals surface area (Å²) in [7, 11) is 0. The minimum atomic E-state index is -4.51. The molecule has 2 aromatic rings. The van der Waals surface area contributed by atoms with Gasteiger partial charge < -0.3 is 10.0 Å². The van der Waals surface area contributed by atoms with Crippen molar-refractivity contribution in [1.29, 1.82) is 0 Å². The summed E-state index contributed by atoms with van der Waals surface area (Å²) in [5.74, 6) is 0.303. The molecule has 8 heteroatoms. The molecule has 1 saturated heterocycles. The Labute approximate surface area is 216 Å². The van der Waals surface area contributed by atoms with Gasteiger partial charge in [-0.3, -0.25) is 14.6 Å². The summed E-state index contributed by atoms with van der Waals surface area (Å²) >= 11 is 0. The van der Waals surface area contributed by atoms with Gasteiger partial charge in [-0.15, -0.1) is 0 Å². The van der Waals surface area contributed by atoms with Gasteiger partial charge >= 0.3 is 6.18 Å². The first-order valence-corrected chi connectivity index (χ1v) is 13.2. The van der Waals surface area contributed by atoms with Crippen molar-refractivity contribution in [3.05, 3.63) is 65.5 Å². The van der Waals surface area contributed by atoms with E-state index in [-0.39, 0.29) is 30.4 Å². The van der Waals surface area contributed by atoms with Crippen LogP contribution in [0.2, 0.25) is 0 Å². The number of hydrogen-bond donors (Lipinski definition) is 1. The van der Waals surface area contributed by atoms with Crippen LogP contribution < -0.4 is 0 Å². The number of benzene rings is 1. The van der Waals surface area contributed by atoms with Gasteiger partial charge in [-0.2, -0.15) is 13.2 Å². The summed E-state index contributed by atoms with van der Waals surface area (Å²) in [4.78, 5) is 31.7. The molecule has 2 atom stereocenters. The highest BCUT2D eigenvalue weighted by molar-refractivity contribution is 5.98. The van der Waals surface area contributed by atoms with Crippen molar-refractivity contribution in [3.63, 3.8) is 0 Å². The summed E-state index contributed by atoms with van der Waals surface area (Å²) in [6, 6.07) is 10.1. The molecule has 1 aliphatic carbocycles. The van der Waals surface area contributed by atoms with E-state index in [0.717, 1.165) is 49.9 Å². The predicted molar refractivity (Wildman–Crippen MR) is 134 cm³/mol. The third-order valence-corrected chi connectivity index (χ3v) is 8.11. The van der Waals surface area contributed by atoms with Gasteiger partial charge in [0.25, 0.3) is 0 Å². The van der Waals surface area contributed by atoms with Gasteiger partial charge in [0.1, 0.15) is 5.60 Å². The Kier molecular flexibility index (Phi) is 8.36. The van der Waals surface area contributed by atoms with Crippen LogP contribution in [-0.2, 0) is 16.6 Å². The van der Waals surface area contributed by atoms with Crippen molar-refractivity contribution in [1.82, 2.24) is 9.88 Å². The fourth-order valence-electron chi connectivity index (χ4n) is 6.01. The van der Waals surface area contributed by atoms with Gasteiger partial charge in [0, 0.05) is 37.2 Å². The first kappa shape index (κ1) is 27.3. The van der Waals surface area contributed by atoms with Crippen molar-refractivity contribution in [2.45, 2.75) is 82.5 Å². The van der Waals surface area contributed by atoms with Gasteiger partial charge in [0.2, 0.25) is 5.91 Å². The van der Waals surface area contributed by atoms with Crippen molar-refractivity contribution < 1.29 is 27.9 Å². The zero-order valence-electron chi connectivity index (χ0n) is 21.2. The average Bonchev–Trinajstić information content (AvgIpc) is 3.31. The highest BCUT2D eigenvalue weighted by Gasteiger charge is 2.39. The normalized spacial score (nSPS) is 26.3. The number of alkyl halides is 3. The molecule has 1 amide bonds. The molecule has 1 aromatic heterocycles. The number of Topliss-reactive ketones (excluding diaryl/α,β-unsaturated/α-hetero) is 1. The van der Waals surface area contributed by atoms with Gasteiger partial charge in [0.15, 0.2) is 5.78 Å². The zero-order valence-corrected chi connectivity index (χ0v) is 21.2. The molecule has 0 radical (unpaired) electrons. The Morgan fingerprint density at radius 1 is 1.08 bits per heavy atom. The van der Waals surface area contributed by atoms with E-state index in [4.69, 9.17) is 0 Å². The molecule has 1 aromatic carbocycles. The maximum atomic E-state index is 13.0. The molecular formula is C29H35F3N2O3. The minimum Gasteiger partial charge on any atom is -0.384 e. The zero-order chi connectivity index (χ0) is 26.6. The molecule has 0 unspecified atom stereocenters. The molecule has 1 N–H and O–H groups in total. The summed E-state index contributed by atoms with van der Waals surface area (Å²) in [6.07, 6.45) is 3.03. The Bertz CT molecular complexity index is 1080. The molecule has 2 heterocycles. The number of carbonyl (C=O) groups excluding carboxylic acids is 2. The van der Waals surface area contributed by atoms with Gasteiger partial charge in [-0.25, -0.2) is 0 Å². The number of hydrogen-bond acceptors (Lipinski definition) is 4. The van der Waals surface area contributed by atoms with E-state index in [1.807, 2.05) is 23.1 Å². The average molecular weight is 517 g/mol. The standard InChI is InChI=1S/C29H35F3N2O3/c1-2-24-17-21(16-20-11-13-28(37,14-12-20)26-8-3-4-15-33-26)19-34(24)27(36)10-9-25(35)22-6-5-7-23(18-22)29(30,31)32/h3-8,15,18,20-21,24,37H,2,9-14,16-17,19H2,1H3/t20?,21-,24+,28?/m0/s1. The topological polar surface area (TPSA) is 70.5 Å². The van der Waals surface area contributed by atoms with Crippen LogP contribution in [0.3, 0.4) is 0 Å². The molecule has 200 valence electrons. The predicted octanol–water partition coefficient (Wildman–Crippen LogP) is 6.16. The number of nitrogens with zero attached hydrogens (tertiary/aromatic N) is 2. The summed E-state index contributed by atoms with van der Waals surface area (Å²) in [6.45, 7) is 2.70. The summed E-state index contributed by atoms with van der Waals surface area (Å²) < 4.78 is 38.9. The number of aromatic nitrogens is 1. The molecule has 37 heavy (non-hydrogen) atoms. The fourth-order valence-corrected chi connectivity index (χ4v) is 6.01. The lowest BCUT2D eigenvalue weighted by atomic mass is 9.74. The number of aliphatic hydroxyl groups is 1. The lowest BCUT2D eigenvalue weighted by Crippen LogP contribution is -2.35. The molecule has 1 aliphatic heterocycles. The molecule has 1 saturated carbocycles. The number of rotatable bonds is 8. The number of amides is 1. The number of carbonyl (C=O) groups is 2. The summed E-state index contributed by atoms with van der Waals surface area (Å²) in [5.41, 5.74) is -1.01. The fraction of sp³-hybridized carbons (Fsp3) is 0.552.